The summed E-state index contributed by atoms with van der Waals surface area (Å²) < 4.78 is 6.08. The van der Waals surface area contributed by atoms with E-state index in [4.69, 9.17) is 9.84 Å². The molecule has 0 spiro atoms. The Balaban J connectivity index is 1.78. The standard InChI is InChI=1S/C20H20N2O3/c1-13-8-15-9-14(5-7-18(15)25-20(13,2)3)4-6-16-11-22-17(12-21-16)10-19(23)24/h5,7,9,11-13H,8,10H2,1-3H3,(H,23,24). The Morgan fingerprint density at radius 1 is 1.32 bits per heavy atom. The summed E-state index contributed by atoms with van der Waals surface area (Å²) >= 11 is 0. The van der Waals surface area contributed by atoms with Gasteiger partial charge in [0.1, 0.15) is 17.0 Å². The second kappa shape index (κ2) is 6.56. The maximum atomic E-state index is 10.6. The van der Waals surface area contributed by atoms with Gasteiger partial charge in [0.2, 0.25) is 0 Å². The van der Waals surface area contributed by atoms with E-state index in [-0.39, 0.29) is 12.0 Å². The topological polar surface area (TPSA) is 72.3 Å². The minimum atomic E-state index is -0.929. The van der Waals surface area contributed by atoms with Gasteiger partial charge in [0.05, 0.1) is 24.5 Å². The Labute approximate surface area is 147 Å². The Kier molecular flexibility index (Phi) is 4.45. The Morgan fingerprint density at radius 2 is 2.12 bits per heavy atom. The molecule has 1 aromatic carbocycles. The third-order valence-electron chi connectivity index (χ3n) is 4.52. The molecular formula is C20H20N2O3. The predicted molar refractivity (Wildman–Crippen MR) is 93.4 cm³/mol. The van der Waals surface area contributed by atoms with Gasteiger partial charge in [-0.3, -0.25) is 9.78 Å². The number of aromatic nitrogens is 2. The number of hydrogen-bond acceptors (Lipinski definition) is 4. The first-order valence-electron chi connectivity index (χ1n) is 8.20. The molecule has 25 heavy (non-hydrogen) atoms. The lowest BCUT2D eigenvalue weighted by Crippen LogP contribution is -2.40. The molecule has 128 valence electrons. The van der Waals surface area contributed by atoms with Gasteiger partial charge in [-0.05, 0) is 55.9 Å². The summed E-state index contributed by atoms with van der Waals surface area (Å²) in [6, 6.07) is 5.96. The van der Waals surface area contributed by atoms with Crippen LogP contribution in [-0.2, 0) is 17.6 Å². The van der Waals surface area contributed by atoms with Gasteiger partial charge in [0, 0.05) is 5.56 Å². The van der Waals surface area contributed by atoms with E-state index in [0.29, 0.717) is 17.3 Å². The summed E-state index contributed by atoms with van der Waals surface area (Å²) in [5.41, 5.74) is 2.83. The molecule has 1 aliphatic heterocycles. The fraction of sp³-hybridized carbons (Fsp3) is 0.350. The molecule has 5 heteroatoms. The number of aliphatic carboxylic acids is 1. The molecule has 0 fully saturated rings. The Hall–Kier alpha value is -2.87. The van der Waals surface area contributed by atoms with Gasteiger partial charge in [-0.1, -0.05) is 12.8 Å². The lowest BCUT2D eigenvalue weighted by atomic mass is 9.83. The normalized spacial score (nSPS) is 17.6. The van der Waals surface area contributed by atoms with Crippen molar-refractivity contribution in [3.8, 4) is 17.6 Å². The molecule has 2 aromatic rings. The molecule has 0 saturated carbocycles. The highest BCUT2D eigenvalue weighted by atomic mass is 16.5. The van der Waals surface area contributed by atoms with Crippen LogP contribution in [0.2, 0.25) is 0 Å². The number of hydrogen-bond donors (Lipinski definition) is 1. The second-order valence-corrected chi connectivity index (χ2v) is 6.85. The number of carboxylic acid groups (broad SMARTS) is 1. The quantitative estimate of drug-likeness (QED) is 0.854. The molecule has 3 rings (SSSR count). The largest absolute Gasteiger partial charge is 0.487 e. The van der Waals surface area contributed by atoms with Gasteiger partial charge < -0.3 is 9.84 Å². The summed E-state index contributed by atoms with van der Waals surface area (Å²) in [7, 11) is 0. The molecule has 1 aromatic heterocycles. The van der Waals surface area contributed by atoms with Crippen LogP contribution in [0.15, 0.2) is 30.6 Å². The molecule has 0 saturated heterocycles. The third-order valence-corrected chi connectivity index (χ3v) is 4.52. The maximum Gasteiger partial charge on any atom is 0.309 e. The van der Waals surface area contributed by atoms with Crippen LogP contribution in [-0.4, -0.2) is 26.6 Å². The van der Waals surface area contributed by atoms with Gasteiger partial charge in [0.15, 0.2) is 0 Å². The van der Waals surface area contributed by atoms with E-state index in [0.717, 1.165) is 17.7 Å². The van der Waals surface area contributed by atoms with E-state index in [1.54, 1.807) is 0 Å². The van der Waals surface area contributed by atoms with Crippen molar-refractivity contribution in [1.29, 1.82) is 0 Å². The molecule has 1 atom stereocenters. The van der Waals surface area contributed by atoms with E-state index in [9.17, 15) is 4.79 Å². The number of ether oxygens (including phenoxy) is 1. The van der Waals surface area contributed by atoms with Crippen molar-refractivity contribution >= 4 is 5.97 Å². The van der Waals surface area contributed by atoms with Gasteiger partial charge in [-0.2, -0.15) is 0 Å². The highest BCUT2D eigenvalue weighted by molar-refractivity contribution is 5.69. The van der Waals surface area contributed by atoms with Gasteiger partial charge in [-0.15, -0.1) is 0 Å². The van der Waals surface area contributed by atoms with Crippen LogP contribution < -0.4 is 4.74 Å². The summed E-state index contributed by atoms with van der Waals surface area (Å²) in [6.45, 7) is 6.41. The molecule has 1 N–H and O–H groups in total. The van der Waals surface area contributed by atoms with Crippen molar-refractivity contribution in [3.05, 3.63) is 53.1 Å². The van der Waals surface area contributed by atoms with Gasteiger partial charge >= 0.3 is 5.97 Å². The van der Waals surface area contributed by atoms with E-state index < -0.39 is 5.97 Å². The summed E-state index contributed by atoms with van der Waals surface area (Å²) in [4.78, 5) is 18.8. The zero-order chi connectivity index (χ0) is 18.0. The van der Waals surface area contributed by atoms with Crippen LogP contribution >= 0.6 is 0 Å². The molecule has 0 aliphatic carbocycles. The van der Waals surface area contributed by atoms with Gasteiger partial charge in [-0.25, -0.2) is 4.98 Å². The number of rotatable bonds is 2. The van der Waals surface area contributed by atoms with E-state index in [2.05, 4.69) is 48.6 Å². The zero-order valence-corrected chi connectivity index (χ0v) is 14.5. The molecule has 5 nitrogen and oxygen atoms in total. The smallest absolute Gasteiger partial charge is 0.309 e. The first kappa shape index (κ1) is 17.0. The van der Waals surface area contributed by atoms with Crippen molar-refractivity contribution in [2.75, 3.05) is 0 Å². The molecule has 0 amide bonds. The molecule has 0 bridgehead atoms. The highest BCUT2D eigenvalue weighted by Crippen LogP contribution is 2.36. The van der Waals surface area contributed by atoms with Crippen LogP contribution in [0, 0.1) is 17.8 Å². The fourth-order valence-electron chi connectivity index (χ4n) is 2.68. The van der Waals surface area contributed by atoms with Crippen molar-refractivity contribution < 1.29 is 14.6 Å². The van der Waals surface area contributed by atoms with Crippen LogP contribution in [0.25, 0.3) is 0 Å². The Morgan fingerprint density at radius 3 is 2.80 bits per heavy atom. The Bertz CT molecular complexity index is 861. The van der Waals surface area contributed by atoms with Crippen molar-refractivity contribution in [1.82, 2.24) is 9.97 Å². The first-order valence-corrected chi connectivity index (χ1v) is 8.20. The number of benzene rings is 1. The van der Waals surface area contributed by atoms with E-state index >= 15 is 0 Å². The zero-order valence-electron chi connectivity index (χ0n) is 14.5. The lowest BCUT2D eigenvalue weighted by molar-refractivity contribution is -0.136. The first-order chi connectivity index (χ1) is 11.8. The molecule has 0 radical (unpaired) electrons. The summed E-state index contributed by atoms with van der Waals surface area (Å²) in [5, 5.41) is 8.73. The minimum Gasteiger partial charge on any atom is -0.487 e. The third kappa shape index (κ3) is 3.97. The average Bonchev–Trinajstić information content (AvgIpc) is 2.54. The predicted octanol–water partition coefficient (Wildman–Crippen LogP) is 2.85. The summed E-state index contributed by atoms with van der Waals surface area (Å²) in [6.07, 6.45) is 3.77. The van der Waals surface area contributed by atoms with Gasteiger partial charge in [0.25, 0.3) is 0 Å². The summed E-state index contributed by atoms with van der Waals surface area (Å²) in [5.74, 6) is 6.47. The second-order valence-electron chi connectivity index (χ2n) is 6.85. The monoisotopic (exact) mass is 336 g/mol. The van der Waals surface area contributed by atoms with Crippen LogP contribution in [0.1, 0.15) is 43.3 Å². The van der Waals surface area contributed by atoms with E-state index in [1.165, 1.54) is 18.0 Å². The van der Waals surface area contributed by atoms with Crippen LogP contribution in [0.5, 0.6) is 5.75 Å². The maximum absolute atomic E-state index is 10.6. The van der Waals surface area contributed by atoms with Crippen molar-refractivity contribution in [2.24, 2.45) is 5.92 Å². The lowest BCUT2D eigenvalue weighted by Gasteiger charge is -2.38. The average molecular weight is 336 g/mol. The number of fused-ring (bicyclic) bond motifs is 1. The van der Waals surface area contributed by atoms with Crippen molar-refractivity contribution in [2.45, 2.75) is 39.2 Å². The van der Waals surface area contributed by atoms with Crippen LogP contribution in [0.3, 0.4) is 0 Å². The number of carboxylic acids is 1. The minimum absolute atomic E-state index is 0.139. The van der Waals surface area contributed by atoms with E-state index in [1.807, 2.05) is 12.1 Å². The van der Waals surface area contributed by atoms with Crippen molar-refractivity contribution in [3.63, 3.8) is 0 Å². The van der Waals surface area contributed by atoms with Crippen LogP contribution in [0.4, 0.5) is 0 Å². The number of carbonyl (C=O) groups is 1. The number of nitrogens with zero attached hydrogens (tertiary/aromatic N) is 2. The highest BCUT2D eigenvalue weighted by Gasteiger charge is 2.33. The molecule has 2 heterocycles. The molecule has 1 unspecified atom stereocenters. The SMILES string of the molecule is CC1Cc2cc(C#Cc3cnc(CC(=O)O)cn3)ccc2OC1(C)C. The molecule has 1 aliphatic rings. The fourth-order valence-corrected chi connectivity index (χ4v) is 2.68. The molecular weight excluding hydrogens is 316 g/mol.